The van der Waals surface area contributed by atoms with Crippen molar-refractivity contribution in [1.82, 2.24) is 19.9 Å². The number of methoxy groups -OCH3 is 1. The Labute approximate surface area is 328 Å². The lowest BCUT2D eigenvalue weighted by Crippen LogP contribution is -2.57. The van der Waals surface area contributed by atoms with Crippen LogP contribution in [0.3, 0.4) is 0 Å². The van der Waals surface area contributed by atoms with Crippen molar-refractivity contribution in [3.8, 4) is 34.4 Å². The topological polar surface area (TPSA) is 162 Å². The average molecular weight is 789 g/mol. The van der Waals surface area contributed by atoms with Gasteiger partial charge in [-0.15, -0.1) is 0 Å². The maximum absolute atomic E-state index is 14.4. The fourth-order valence-corrected chi connectivity index (χ4v) is 8.76. The maximum Gasteiger partial charge on any atom is 0.259 e. The van der Waals surface area contributed by atoms with E-state index in [1.807, 2.05) is 68.5 Å². The molecule has 0 spiro atoms. The summed E-state index contributed by atoms with van der Waals surface area (Å²) in [6.07, 6.45) is 7.54. The number of hydrogen-bond donors (Lipinski definition) is 2. The predicted octanol–water partition coefficient (Wildman–Crippen LogP) is 5.70. The Morgan fingerprint density at radius 3 is 2.55 bits per heavy atom. The van der Waals surface area contributed by atoms with Gasteiger partial charge in [-0.2, -0.15) is 0 Å². The first-order valence-corrected chi connectivity index (χ1v) is 21.1. The number of fused-ring (bicyclic) bond motifs is 2. The summed E-state index contributed by atoms with van der Waals surface area (Å²) in [6.45, 7) is 8.60. The van der Waals surface area contributed by atoms with E-state index in [1.54, 1.807) is 14.0 Å². The molecule has 3 amide bonds. The van der Waals surface area contributed by atoms with Gasteiger partial charge < -0.3 is 29.2 Å². The van der Waals surface area contributed by atoms with Crippen molar-refractivity contribution >= 4 is 38.5 Å². The quantitative estimate of drug-likeness (QED) is 0.145. The highest BCUT2D eigenvalue weighted by Gasteiger charge is 2.63. The van der Waals surface area contributed by atoms with Crippen LogP contribution in [0.2, 0.25) is 0 Å². The first kappa shape index (κ1) is 39.4. The van der Waals surface area contributed by atoms with Gasteiger partial charge in [-0.25, -0.2) is 13.4 Å². The standard InChI is InChI=1S/C42H52N4O9S/c1-6-7-8-9-10-29-24-42(29,40(49)45-56(50,51)41(4)15-16-41)44-38(48)34-23-31(25-46(34)37(47)19-26(2)3)55-39-32-13-12-30(52-5)20-28(32)21-33(43-39)27-11-14-35-36(22-27)54-18-17-53-35/h9-14,20-22,26,29,31,34H,6-8,15-19,23-25H2,1-5H3,(H,44,48)(H,45,49)/b10-9-. The number of likely N-dealkylation sites (tertiary alicyclic amines) is 1. The summed E-state index contributed by atoms with van der Waals surface area (Å²) in [7, 11) is -2.36. The van der Waals surface area contributed by atoms with Gasteiger partial charge in [-0.1, -0.05) is 45.8 Å². The zero-order chi connectivity index (χ0) is 39.8. The number of amides is 3. The van der Waals surface area contributed by atoms with E-state index < -0.39 is 50.2 Å². The molecule has 3 aromatic rings. The summed E-state index contributed by atoms with van der Waals surface area (Å²) < 4.78 is 51.3. The third-order valence-corrected chi connectivity index (χ3v) is 13.4. The van der Waals surface area contributed by atoms with Crippen LogP contribution in [0.1, 0.15) is 79.1 Å². The van der Waals surface area contributed by atoms with E-state index in [1.165, 1.54) is 4.90 Å². The van der Waals surface area contributed by atoms with E-state index in [4.69, 9.17) is 23.9 Å². The van der Waals surface area contributed by atoms with E-state index >= 15 is 0 Å². The lowest BCUT2D eigenvalue weighted by Gasteiger charge is -2.27. The highest BCUT2D eigenvalue weighted by molar-refractivity contribution is 7.91. The van der Waals surface area contributed by atoms with Crippen LogP contribution in [0.4, 0.5) is 0 Å². The predicted molar refractivity (Wildman–Crippen MR) is 211 cm³/mol. The number of nitrogens with zero attached hydrogens (tertiary/aromatic N) is 2. The second-order valence-corrected chi connectivity index (χ2v) is 18.3. The van der Waals surface area contributed by atoms with Gasteiger partial charge in [-0.3, -0.25) is 19.1 Å². The SMILES string of the molecule is CCCC/C=C\C1CC1(NC(=O)C1CC(Oc2nc(-c3ccc4c(c3)OCCO4)cc3cc(OC)ccc23)CN1C(=O)CC(C)C)C(=O)NS(=O)(=O)C1(C)CC1. The smallest absolute Gasteiger partial charge is 0.259 e. The second-order valence-electron chi connectivity index (χ2n) is 16.1. The summed E-state index contributed by atoms with van der Waals surface area (Å²) in [6, 6.07) is 12.2. The van der Waals surface area contributed by atoms with Crippen LogP contribution in [0.25, 0.3) is 22.0 Å². The Hall–Kier alpha value is -4.85. The highest BCUT2D eigenvalue weighted by Crippen LogP contribution is 2.47. The Balaban J connectivity index is 1.17. The van der Waals surface area contributed by atoms with Gasteiger partial charge in [0.15, 0.2) is 11.5 Å². The number of unbranched alkanes of at least 4 members (excludes halogenated alkanes) is 2. The number of carbonyl (C=O) groups is 3. The van der Waals surface area contributed by atoms with Gasteiger partial charge in [-0.05, 0) is 86.4 Å². The molecule has 2 aliphatic carbocycles. The number of ether oxygens (including phenoxy) is 4. The fourth-order valence-electron chi connectivity index (χ4n) is 7.45. The molecule has 2 N–H and O–H groups in total. The molecule has 4 atom stereocenters. The minimum absolute atomic E-state index is 0.0293. The van der Waals surface area contributed by atoms with E-state index in [0.29, 0.717) is 54.9 Å². The number of sulfonamides is 1. The van der Waals surface area contributed by atoms with Crippen LogP contribution in [-0.4, -0.2) is 85.3 Å². The van der Waals surface area contributed by atoms with Crippen LogP contribution in [-0.2, 0) is 24.4 Å². The molecule has 0 bridgehead atoms. The summed E-state index contributed by atoms with van der Waals surface area (Å²) in [5.41, 5.74) is -0.0591. The van der Waals surface area contributed by atoms with Gasteiger partial charge in [0.25, 0.3) is 5.91 Å². The van der Waals surface area contributed by atoms with Crippen molar-refractivity contribution in [2.45, 2.75) is 101 Å². The molecule has 3 heterocycles. The highest BCUT2D eigenvalue weighted by atomic mass is 32.2. The molecule has 2 saturated carbocycles. The Morgan fingerprint density at radius 1 is 1.07 bits per heavy atom. The molecular weight excluding hydrogens is 737 g/mol. The van der Waals surface area contributed by atoms with Crippen LogP contribution in [0.5, 0.6) is 23.1 Å². The van der Waals surface area contributed by atoms with E-state index in [-0.39, 0.29) is 37.6 Å². The molecule has 1 saturated heterocycles. The van der Waals surface area contributed by atoms with E-state index in [2.05, 4.69) is 17.0 Å². The molecule has 56 heavy (non-hydrogen) atoms. The number of hydrogen-bond acceptors (Lipinski definition) is 10. The number of nitrogens with one attached hydrogen (secondary N) is 2. The van der Waals surface area contributed by atoms with Gasteiger partial charge in [0.1, 0.15) is 36.6 Å². The third-order valence-electron chi connectivity index (χ3n) is 11.3. The molecule has 2 aromatic carbocycles. The molecule has 14 heteroatoms. The number of aromatic nitrogens is 1. The first-order valence-electron chi connectivity index (χ1n) is 19.7. The molecule has 3 fully saturated rings. The van der Waals surface area contributed by atoms with Gasteiger partial charge in [0.05, 0.1) is 24.1 Å². The van der Waals surface area contributed by atoms with Crippen LogP contribution >= 0.6 is 0 Å². The Kier molecular flexibility index (Phi) is 11.0. The largest absolute Gasteiger partial charge is 0.497 e. The molecule has 2 aliphatic heterocycles. The number of pyridine rings is 1. The molecule has 7 rings (SSSR count). The third kappa shape index (κ3) is 8.03. The second kappa shape index (κ2) is 15.6. The maximum atomic E-state index is 14.4. The van der Waals surface area contributed by atoms with Crippen LogP contribution in [0, 0.1) is 11.8 Å². The van der Waals surface area contributed by atoms with Crippen molar-refractivity contribution in [2.75, 3.05) is 26.9 Å². The number of benzene rings is 2. The van der Waals surface area contributed by atoms with Crippen LogP contribution in [0.15, 0.2) is 54.6 Å². The van der Waals surface area contributed by atoms with Gasteiger partial charge >= 0.3 is 0 Å². The van der Waals surface area contributed by atoms with E-state index in [0.717, 1.165) is 35.6 Å². The molecule has 13 nitrogen and oxygen atoms in total. The molecule has 0 radical (unpaired) electrons. The summed E-state index contributed by atoms with van der Waals surface area (Å²) in [4.78, 5) is 48.5. The van der Waals surface area contributed by atoms with E-state index in [9.17, 15) is 22.8 Å². The number of allylic oxidation sites excluding steroid dienone is 1. The fraction of sp³-hybridized carbons (Fsp3) is 0.524. The molecule has 4 unspecified atom stereocenters. The normalized spacial score (nSPS) is 23.6. The zero-order valence-corrected chi connectivity index (χ0v) is 33.6. The summed E-state index contributed by atoms with van der Waals surface area (Å²) in [5, 5.41) is 4.48. The molecule has 1 aromatic heterocycles. The van der Waals surface area contributed by atoms with Crippen molar-refractivity contribution in [1.29, 1.82) is 0 Å². The van der Waals surface area contributed by atoms with Crippen molar-refractivity contribution in [2.24, 2.45) is 11.8 Å². The summed E-state index contributed by atoms with van der Waals surface area (Å²) in [5.74, 6) is 0.390. The zero-order valence-electron chi connectivity index (χ0n) is 32.8. The average Bonchev–Trinajstić information content (AvgIpc) is 4.05. The number of carbonyl (C=O) groups excluding carboxylic acids is 3. The Morgan fingerprint density at radius 2 is 1.84 bits per heavy atom. The Bertz CT molecular complexity index is 2150. The first-order chi connectivity index (χ1) is 26.8. The minimum atomic E-state index is -3.96. The lowest BCUT2D eigenvalue weighted by atomic mass is 10.1. The monoisotopic (exact) mass is 788 g/mol. The molecule has 300 valence electrons. The van der Waals surface area contributed by atoms with Gasteiger partial charge in [0.2, 0.25) is 27.7 Å². The van der Waals surface area contributed by atoms with Crippen molar-refractivity contribution in [3.63, 3.8) is 0 Å². The lowest BCUT2D eigenvalue weighted by molar-refractivity contribution is -0.140. The van der Waals surface area contributed by atoms with Gasteiger partial charge in [0, 0.05) is 29.7 Å². The summed E-state index contributed by atoms with van der Waals surface area (Å²) >= 11 is 0. The van der Waals surface area contributed by atoms with Crippen molar-refractivity contribution < 1.29 is 41.7 Å². The molecular formula is C42H52N4O9S. The van der Waals surface area contributed by atoms with Crippen LogP contribution < -0.4 is 29.0 Å². The minimum Gasteiger partial charge on any atom is -0.497 e. The number of rotatable bonds is 15. The van der Waals surface area contributed by atoms with Crippen molar-refractivity contribution in [3.05, 3.63) is 54.6 Å². The molecule has 4 aliphatic rings.